The summed E-state index contributed by atoms with van der Waals surface area (Å²) in [6.07, 6.45) is 0.602. The molecule has 0 saturated carbocycles. The summed E-state index contributed by atoms with van der Waals surface area (Å²) in [4.78, 5) is 11.2. The Morgan fingerprint density at radius 2 is 2.07 bits per heavy atom. The van der Waals surface area contributed by atoms with Crippen molar-refractivity contribution in [2.24, 2.45) is 5.92 Å². The highest BCUT2D eigenvalue weighted by Gasteiger charge is 2.48. The van der Waals surface area contributed by atoms with E-state index in [1.807, 2.05) is 0 Å². The molecule has 0 aromatic carbocycles. The smallest absolute Gasteiger partial charge is 0.330 e. The van der Waals surface area contributed by atoms with Crippen LogP contribution in [-0.2, 0) is 9.53 Å². The van der Waals surface area contributed by atoms with Gasteiger partial charge in [-0.15, -0.1) is 0 Å². The van der Waals surface area contributed by atoms with Gasteiger partial charge in [0.2, 0.25) is 5.78 Å². The molecule has 0 radical (unpaired) electrons. The molecule has 0 bridgehead atoms. The number of ether oxygens (including phenoxy) is 1. The van der Waals surface area contributed by atoms with Gasteiger partial charge in [0.05, 0.1) is 0 Å². The van der Waals surface area contributed by atoms with Gasteiger partial charge in [-0.2, -0.15) is 8.78 Å². The number of alkyl halides is 2. The van der Waals surface area contributed by atoms with Gasteiger partial charge >= 0.3 is 5.92 Å². The molecular formula is C10H16F2O2. The topological polar surface area (TPSA) is 26.3 Å². The molecule has 82 valence electrons. The van der Waals surface area contributed by atoms with Crippen LogP contribution in [0.3, 0.4) is 0 Å². The van der Waals surface area contributed by atoms with E-state index in [0.29, 0.717) is 13.0 Å². The summed E-state index contributed by atoms with van der Waals surface area (Å²) in [6.45, 7) is 3.31. The zero-order valence-corrected chi connectivity index (χ0v) is 8.56. The van der Waals surface area contributed by atoms with E-state index < -0.39 is 23.7 Å². The van der Waals surface area contributed by atoms with Crippen molar-refractivity contribution < 1.29 is 18.3 Å². The Kier molecular flexibility index (Phi) is 3.59. The number of carbonyl (C=O) groups excluding carboxylic acids is 1. The average molecular weight is 206 g/mol. The second-order valence-electron chi connectivity index (χ2n) is 4.00. The molecule has 1 fully saturated rings. The van der Waals surface area contributed by atoms with Gasteiger partial charge < -0.3 is 4.74 Å². The van der Waals surface area contributed by atoms with E-state index in [-0.39, 0.29) is 6.42 Å². The Morgan fingerprint density at radius 3 is 2.50 bits per heavy atom. The number of halogens is 2. The summed E-state index contributed by atoms with van der Waals surface area (Å²) >= 11 is 0. The maximum absolute atomic E-state index is 13.5. The zero-order valence-electron chi connectivity index (χ0n) is 8.56. The van der Waals surface area contributed by atoms with Gasteiger partial charge in [-0.3, -0.25) is 4.79 Å². The maximum Gasteiger partial charge on any atom is 0.330 e. The van der Waals surface area contributed by atoms with Gasteiger partial charge in [-0.1, -0.05) is 13.8 Å². The van der Waals surface area contributed by atoms with E-state index in [1.165, 1.54) is 13.8 Å². The molecule has 0 spiro atoms. The van der Waals surface area contributed by atoms with Crippen molar-refractivity contribution in [2.45, 2.75) is 45.1 Å². The number of hydrogen-bond acceptors (Lipinski definition) is 2. The molecule has 2 nitrogen and oxygen atoms in total. The van der Waals surface area contributed by atoms with Gasteiger partial charge in [-0.25, -0.2) is 0 Å². The molecular weight excluding hydrogens is 190 g/mol. The monoisotopic (exact) mass is 206 g/mol. The van der Waals surface area contributed by atoms with E-state index in [1.54, 1.807) is 0 Å². The van der Waals surface area contributed by atoms with Gasteiger partial charge in [0.25, 0.3) is 0 Å². The van der Waals surface area contributed by atoms with Crippen molar-refractivity contribution in [2.75, 3.05) is 6.61 Å². The summed E-state index contributed by atoms with van der Waals surface area (Å²) in [5.41, 5.74) is 0. The first-order chi connectivity index (χ1) is 6.46. The average Bonchev–Trinajstić information content (AvgIpc) is 2.18. The second kappa shape index (κ2) is 4.34. The van der Waals surface area contributed by atoms with Crippen LogP contribution in [0.25, 0.3) is 0 Å². The first kappa shape index (κ1) is 11.6. The van der Waals surface area contributed by atoms with Crippen molar-refractivity contribution in [3.05, 3.63) is 0 Å². The molecule has 4 heteroatoms. The lowest BCUT2D eigenvalue weighted by molar-refractivity contribution is -0.178. The fraction of sp³-hybridized carbons (Fsp3) is 0.900. The van der Waals surface area contributed by atoms with Crippen LogP contribution in [0.1, 0.15) is 33.1 Å². The van der Waals surface area contributed by atoms with E-state index in [4.69, 9.17) is 4.74 Å². The number of hydrogen-bond donors (Lipinski definition) is 0. The van der Waals surface area contributed by atoms with E-state index in [9.17, 15) is 13.6 Å². The van der Waals surface area contributed by atoms with Gasteiger partial charge in [0.15, 0.2) is 0 Å². The molecule has 1 heterocycles. The Bertz CT molecular complexity index is 208. The summed E-state index contributed by atoms with van der Waals surface area (Å²) in [7, 11) is 0. The van der Waals surface area contributed by atoms with Crippen molar-refractivity contribution in [1.29, 1.82) is 0 Å². The van der Waals surface area contributed by atoms with E-state index in [0.717, 1.165) is 6.42 Å². The molecule has 1 unspecified atom stereocenters. The molecule has 0 aromatic heterocycles. The SMILES string of the molecule is CC(C)C(=O)C(F)(F)C1CCCCO1. The molecule has 0 aliphatic carbocycles. The standard InChI is InChI=1S/C10H16F2O2/c1-7(2)9(13)10(11,12)8-5-3-4-6-14-8/h7-8H,3-6H2,1-2H3. The minimum atomic E-state index is -3.31. The highest BCUT2D eigenvalue weighted by atomic mass is 19.3. The Labute approximate surface area is 82.6 Å². The van der Waals surface area contributed by atoms with Crippen LogP contribution in [-0.4, -0.2) is 24.4 Å². The predicted molar refractivity (Wildman–Crippen MR) is 48.4 cm³/mol. The van der Waals surface area contributed by atoms with Crippen LogP contribution in [0.2, 0.25) is 0 Å². The number of rotatable bonds is 3. The number of carbonyl (C=O) groups is 1. The summed E-state index contributed by atoms with van der Waals surface area (Å²) in [5, 5.41) is 0. The van der Waals surface area contributed by atoms with Gasteiger partial charge in [0, 0.05) is 12.5 Å². The van der Waals surface area contributed by atoms with Crippen LogP contribution in [0, 0.1) is 5.92 Å². The van der Waals surface area contributed by atoms with Crippen LogP contribution in [0.5, 0.6) is 0 Å². The minimum absolute atomic E-state index is 0.283. The normalized spacial score (nSPS) is 23.9. The summed E-state index contributed by atoms with van der Waals surface area (Å²) in [6, 6.07) is 0. The van der Waals surface area contributed by atoms with Crippen LogP contribution >= 0.6 is 0 Å². The molecule has 14 heavy (non-hydrogen) atoms. The molecule has 1 aliphatic heterocycles. The fourth-order valence-electron chi connectivity index (χ4n) is 1.57. The molecule has 0 aromatic rings. The lowest BCUT2D eigenvalue weighted by Crippen LogP contribution is -2.46. The highest BCUT2D eigenvalue weighted by molar-refractivity contribution is 5.87. The molecule has 0 amide bonds. The van der Waals surface area contributed by atoms with Crippen LogP contribution < -0.4 is 0 Å². The van der Waals surface area contributed by atoms with Crippen molar-refractivity contribution >= 4 is 5.78 Å². The molecule has 1 atom stereocenters. The first-order valence-corrected chi connectivity index (χ1v) is 5.00. The molecule has 0 N–H and O–H groups in total. The van der Waals surface area contributed by atoms with Crippen LogP contribution in [0.15, 0.2) is 0 Å². The third-order valence-corrected chi connectivity index (χ3v) is 2.44. The maximum atomic E-state index is 13.5. The van der Waals surface area contributed by atoms with Gasteiger partial charge in [-0.05, 0) is 19.3 Å². The highest BCUT2D eigenvalue weighted by Crippen LogP contribution is 2.31. The Morgan fingerprint density at radius 1 is 1.43 bits per heavy atom. The number of ketones is 1. The largest absolute Gasteiger partial charge is 0.371 e. The molecule has 1 saturated heterocycles. The van der Waals surface area contributed by atoms with Crippen molar-refractivity contribution in [3.63, 3.8) is 0 Å². The predicted octanol–water partition coefficient (Wildman–Crippen LogP) is 2.42. The second-order valence-corrected chi connectivity index (χ2v) is 4.00. The van der Waals surface area contributed by atoms with Gasteiger partial charge in [0.1, 0.15) is 6.10 Å². The third kappa shape index (κ3) is 2.29. The number of Topliss-reactive ketones (excluding diaryl/α,β-unsaturated/α-hetero) is 1. The van der Waals surface area contributed by atoms with Crippen molar-refractivity contribution in [1.82, 2.24) is 0 Å². The zero-order chi connectivity index (χ0) is 10.8. The van der Waals surface area contributed by atoms with Crippen molar-refractivity contribution in [3.8, 4) is 0 Å². The summed E-state index contributed by atoms with van der Waals surface area (Å²) < 4.78 is 31.9. The molecule has 1 rings (SSSR count). The molecule has 1 aliphatic rings. The lowest BCUT2D eigenvalue weighted by Gasteiger charge is -2.29. The quantitative estimate of drug-likeness (QED) is 0.708. The Balaban J connectivity index is 2.66. The Hall–Kier alpha value is -0.510. The summed E-state index contributed by atoms with van der Waals surface area (Å²) in [5.74, 6) is -4.96. The van der Waals surface area contributed by atoms with E-state index >= 15 is 0 Å². The fourth-order valence-corrected chi connectivity index (χ4v) is 1.57. The third-order valence-electron chi connectivity index (χ3n) is 2.44. The van der Waals surface area contributed by atoms with Crippen LogP contribution in [0.4, 0.5) is 8.78 Å². The first-order valence-electron chi connectivity index (χ1n) is 5.00. The van der Waals surface area contributed by atoms with E-state index in [2.05, 4.69) is 0 Å². The lowest BCUT2D eigenvalue weighted by atomic mass is 9.94. The minimum Gasteiger partial charge on any atom is -0.371 e.